The number of aromatic nitrogens is 6. The van der Waals surface area contributed by atoms with Crippen molar-refractivity contribution in [2.24, 2.45) is 0 Å². The smallest absolute Gasteiger partial charge is 0.247 e. The van der Waals surface area contributed by atoms with Crippen molar-refractivity contribution in [1.29, 1.82) is 0 Å². The standard InChI is InChI=1S/C12H10FN7O/c13-10-5-9(1-3-15-10)20-4-2-11(18-20)17-12(21)6-19-8-14-7-16-19/h1-5,7-8H,6H2,(H,17,18,21). The van der Waals surface area contributed by atoms with Crippen molar-refractivity contribution >= 4 is 11.7 Å². The van der Waals surface area contributed by atoms with E-state index in [2.05, 4.69) is 25.5 Å². The predicted octanol–water partition coefficient (Wildman–Crippen LogP) is 0.637. The van der Waals surface area contributed by atoms with Gasteiger partial charge in [0.15, 0.2) is 5.82 Å². The molecule has 0 saturated heterocycles. The Morgan fingerprint density at radius 3 is 3.05 bits per heavy atom. The van der Waals surface area contributed by atoms with E-state index in [0.29, 0.717) is 11.5 Å². The first-order valence-electron chi connectivity index (χ1n) is 6.00. The Bertz CT molecular complexity index is 753. The van der Waals surface area contributed by atoms with E-state index in [1.54, 1.807) is 18.3 Å². The summed E-state index contributed by atoms with van der Waals surface area (Å²) in [6.07, 6.45) is 5.74. The molecule has 9 heteroatoms. The van der Waals surface area contributed by atoms with E-state index in [9.17, 15) is 9.18 Å². The Balaban J connectivity index is 1.69. The summed E-state index contributed by atoms with van der Waals surface area (Å²) in [6, 6.07) is 4.46. The SMILES string of the molecule is O=C(Cn1cncn1)Nc1ccn(-c2ccnc(F)c2)n1. The molecule has 3 heterocycles. The highest BCUT2D eigenvalue weighted by Crippen LogP contribution is 2.10. The first kappa shape index (κ1) is 12.9. The molecule has 0 aliphatic carbocycles. The zero-order valence-corrected chi connectivity index (χ0v) is 10.7. The monoisotopic (exact) mass is 287 g/mol. The number of hydrogen-bond acceptors (Lipinski definition) is 5. The maximum absolute atomic E-state index is 13.0. The number of nitrogens with one attached hydrogen (secondary N) is 1. The zero-order chi connectivity index (χ0) is 14.7. The molecular formula is C12H10FN7O. The number of carbonyl (C=O) groups is 1. The van der Waals surface area contributed by atoms with Crippen molar-refractivity contribution in [2.75, 3.05) is 5.32 Å². The van der Waals surface area contributed by atoms with E-state index in [-0.39, 0.29) is 12.5 Å². The average Bonchev–Trinajstić information content (AvgIpc) is 3.10. The van der Waals surface area contributed by atoms with Crippen molar-refractivity contribution in [3.05, 3.63) is 49.2 Å². The second-order valence-electron chi connectivity index (χ2n) is 4.12. The summed E-state index contributed by atoms with van der Waals surface area (Å²) < 4.78 is 15.9. The molecule has 0 spiro atoms. The van der Waals surface area contributed by atoms with Crippen molar-refractivity contribution in [3.63, 3.8) is 0 Å². The van der Waals surface area contributed by atoms with Crippen LogP contribution in [0.15, 0.2) is 43.2 Å². The van der Waals surface area contributed by atoms with Crippen LogP contribution in [-0.2, 0) is 11.3 Å². The zero-order valence-electron chi connectivity index (χ0n) is 10.7. The molecule has 3 aromatic heterocycles. The van der Waals surface area contributed by atoms with Gasteiger partial charge in [0, 0.05) is 24.5 Å². The molecule has 0 radical (unpaired) electrons. The van der Waals surface area contributed by atoms with E-state index in [0.717, 1.165) is 0 Å². The number of halogens is 1. The van der Waals surface area contributed by atoms with Crippen molar-refractivity contribution in [3.8, 4) is 5.69 Å². The van der Waals surface area contributed by atoms with Crippen LogP contribution in [0, 0.1) is 5.95 Å². The topological polar surface area (TPSA) is 90.5 Å². The van der Waals surface area contributed by atoms with E-state index < -0.39 is 5.95 Å². The van der Waals surface area contributed by atoms with Crippen LogP contribution in [0.1, 0.15) is 0 Å². The highest BCUT2D eigenvalue weighted by molar-refractivity contribution is 5.89. The Morgan fingerprint density at radius 1 is 1.38 bits per heavy atom. The van der Waals surface area contributed by atoms with Gasteiger partial charge in [-0.3, -0.25) is 4.79 Å². The Labute approximate surface area is 118 Å². The summed E-state index contributed by atoms with van der Waals surface area (Å²) >= 11 is 0. The summed E-state index contributed by atoms with van der Waals surface area (Å²) in [6.45, 7) is 0.0384. The minimum absolute atomic E-state index is 0.0384. The lowest BCUT2D eigenvalue weighted by molar-refractivity contribution is -0.116. The largest absolute Gasteiger partial charge is 0.308 e. The van der Waals surface area contributed by atoms with Gasteiger partial charge in [-0.15, -0.1) is 0 Å². The van der Waals surface area contributed by atoms with E-state index in [1.165, 1.54) is 34.3 Å². The first-order chi connectivity index (χ1) is 10.2. The molecule has 1 amide bonds. The molecule has 0 aliphatic rings. The summed E-state index contributed by atoms with van der Waals surface area (Å²) in [5.41, 5.74) is 0.513. The lowest BCUT2D eigenvalue weighted by Gasteiger charge is -2.02. The third kappa shape index (κ3) is 3.08. The fourth-order valence-electron chi connectivity index (χ4n) is 1.71. The molecule has 1 N–H and O–H groups in total. The van der Waals surface area contributed by atoms with Crippen LogP contribution in [-0.4, -0.2) is 35.4 Å². The highest BCUT2D eigenvalue weighted by atomic mass is 19.1. The molecule has 0 fully saturated rings. The summed E-state index contributed by atoms with van der Waals surface area (Å²) in [5.74, 6) is -0.524. The highest BCUT2D eigenvalue weighted by Gasteiger charge is 2.07. The average molecular weight is 287 g/mol. The quantitative estimate of drug-likeness (QED) is 0.711. The fraction of sp³-hybridized carbons (Fsp3) is 0.0833. The molecular weight excluding hydrogens is 277 g/mol. The lowest BCUT2D eigenvalue weighted by atomic mass is 10.4. The van der Waals surface area contributed by atoms with Gasteiger partial charge in [0.2, 0.25) is 11.9 Å². The number of anilines is 1. The molecule has 0 saturated carbocycles. The number of hydrogen-bond donors (Lipinski definition) is 1. The van der Waals surface area contributed by atoms with Gasteiger partial charge in [-0.25, -0.2) is 19.3 Å². The second-order valence-corrected chi connectivity index (χ2v) is 4.12. The van der Waals surface area contributed by atoms with Gasteiger partial charge >= 0.3 is 0 Å². The predicted molar refractivity (Wildman–Crippen MR) is 70.0 cm³/mol. The van der Waals surface area contributed by atoms with Gasteiger partial charge in [-0.1, -0.05) is 0 Å². The second kappa shape index (κ2) is 5.49. The van der Waals surface area contributed by atoms with Crippen LogP contribution in [0.25, 0.3) is 5.69 Å². The van der Waals surface area contributed by atoms with Crippen LogP contribution in [0.3, 0.4) is 0 Å². The Morgan fingerprint density at radius 2 is 2.29 bits per heavy atom. The lowest BCUT2D eigenvalue weighted by Crippen LogP contribution is -2.19. The minimum Gasteiger partial charge on any atom is -0.308 e. The van der Waals surface area contributed by atoms with E-state index in [4.69, 9.17) is 0 Å². The number of pyridine rings is 1. The summed E-state index contributed by atoms with van der Waals surface area (Å²) in [5, 5.41) is 10.6. The van der Waals surface area contributed by atoms with Crippen molar-refractivity contribution in [1.82, 2.24) is 29.5 Å². The number of nitrogens with zero attached hydrogens (tertiary/aromatic N) is 6. The van der Waals surface area contributed by atoms with Crippen LogP contribution in [0.4, 0.5) is 10.2 Å². The maximum atomic E-state index is 13.0. The Hall–Kier alpha value is -3.10. The maximum Gasteiger partial charge on any atom is 0.247 e. The van der Waals surface area contributed by atoms with E-state index in [1.807, 2.05) is 0 Å². The van der Waals surface area contributed by atoms with Crippen LogP contribution in [0.2, 0.25) is 0 Å². The molecule has 21 heavy (non-hydrogen) atoms. The summed E-state index contributed by atoms with van der Waals surface area (Å²) in [7, 11) is 0. The molecule has 0 unspecified atom stereocenters. The van der Waals surface area contributed by atoms with E-state index >= 15 is 0 Å². The van der Waals surface area contributed by atoms with Gasteiger partial charge in [-0.2, -0.15) is 14.6 Å². The first-order valence-corrected chi connectivity index (χ1v) is 6.00. The van der Waals surface area contributed by atoms with Gasteiger partial charge in [0.05, 0.1) is 5.69 Å². The van der Waals surface area contributed by atoms with Crippen molar-refractivity contribution in [2.45, 2.75) is 6.54 Å². The minimum atomic E-state index is -0.597. The molecule has 106 valence electrons. The normalized spacial score (nSPS) is 10.5. The van der Waals surface area contributed by atoms with Crippen LogP contribution < -0.4 is 5.32 Å². The number of rotatable bonds is 4. The molecule has 8 nitrogen and oxygen atoms in total. The fourth-order valence-corrected chi connectivity index (χ4v) is 1.71. The molecule has 3 rings (SSSR count). The molecule has 3 aromatic rings. The van der Waals surface area contributed by atoms with Gasteiger partial charge in [0.25, 0.3) is 0 Å². The van der Waals surface area contributed by atoms with Crippen molar-refractivity contribution < 1.29 is 9.18 Å². The van der Waals surface area contributed by atoms with Gasteiger partial charge in [0.1, 0.15) is 19.2 Å². The number of carbonyl (C=O) groups excluding carboxylic acids is 1. The van der Waals surface area contributed by atoms with Crippen LogP contribution >= 0.6 is 0 Å². The van der Waals surface area contributed by atoms with Gasteiger partial charge in [-0.05, 0) is 6.07 Å². The third-order valence-corrected chi connectivity index (χ3v) is 2.60. The van der Waals surface area contributed by atoms with Gasteiger partial charge < -0.3 is 5.32 Å². The number of amides is 1. The van der Waals surface area contributed by atoms with Crippen LogP contribution in [0.5, 0.6) is 0 Å². The Kier molecular flexibility index (Phi) is 3.37. The third-order valence-electron chi connectivity index (χ3n) is 2.60. The summed E-state index contributed by atoms with van der Waals surface area (Å²) in [4.78, 5) is 19.0. The molecule has 0 bridgehead atoms. The molecule has 0 aromatic carbocycles. The molecule has 0 aliphatic heterocycles. The molecule has 0 atom stereocenters.